The van der Waals surface area contributed by atoms with Gasteiger partial charge >= 0.3 is 0 Å². The second-order valence-electron chi connectivity index (χ2n) is 6.88. The summed E-state index contributed by atoms with van der Waals surface area (Å²) < 4.78 is 5.41. The molecule has 1 amide bonds. The van der Waals surface area contributed by atoms with Gasteiger partial charge in [-0.3, -0.25) is 14.8 Å². The van der Waals surface area contributed by atoms with Gasteiger partial charge in [0.25, 0.3) is 5.91 Å². The van der Waals surface area contributed by atoms with Crippen molar-refractivity contribution in [3.8, 4) is 0 Å². The lowest BCUT2D eigenvalue weighted by molar-refractivity contribution is 0.0198. The van der Waals surface area contributed by atoms with Crippen molar-refractivity contribution in [1.82, 2.24) is 15.1 Å². The number of rotatable bonds is 5. The minimum atomic E-state index is -0.169. The first kappa shape index (κ1) is 16.3. The van der Waals surface area contributed by atoms with Gasteiger partial charge in [0, 0.05) is 36.4 Å². The summed E-state index contributed by atoms with van der Waals surface area (Å²) in [4.78, 5) is 14.7. The summed E-state index contributed by atoms with van der Waals surface area (Å²) in [5, 5.41) is 10.0. The van der Waals surface area contributed by atoms with Crippen molar-refractivity contribution >= 4 is 11.6 Å². The van der Waals surface area contributed by atoms with Crippen LogP contribution >= 0.6 is 0 Å². The average Bonchev–Trinajstić information content (AvgIpc) is 3.39. The Kier molecular flexibility index (Phi) is 4.55. The van der Waals surface area contributed by atoms with Crippen LogP contribution in [0.15, 0.2) is 30.3 Å². The number of ether oxygens (including phenoxy) is 1. The standard InChI is InChI=1S/C19H24N4O2/c1-13(23-8-10-25-11-9-23)14-4-6-16(7-5-14)20-19(24)18-12-17(21-22-18)15-2-3-15/h4-7,12-13,15H,2-3,8-11H2,1H3,(H,20,24)(H,21,22)/t13-/m0/s1. The van der Waals surface area contributed by atoms with Gasteiger partial charge in [0.1, 0.15) is 0 Å². The molecular weight excluding hydrogens is 316 g/mol. The number of anilines is 1. The predicted octanol–water partition coefficient (Wildman–Crippen LogP) is 2.93. The van der Waals surface area contributed by atoms with E-state index in [1.807, 2.05) is 18.2 Å². The Hall–Kier alpha value is -2.18. The summed E-state index contributed by atoms with van der Waals surface area (Å²) in [5.41, 5.74) is 3.56. The third kappa shape index (κ3) is 3.75. The van der Waals surface area contributed by atoms with Crippen LogP contribution in [0.1, 0.15) is 53.5 Å². The molecule has 4 rings (SSSR count). The number of carbonyl (C=O) groups is 1. The predicted molar refractivity (Wildman–Crippen MR) is 95.8 cm³/mol. The van der Waals surface area contributed by atoms with Crippen molar-refractivity contribution in [3.63, 3.8) is 0 Å². The summed E-state index contributed by atoms with van der Waals surface area (Å²) in [7, 11) is 0. The molecule has 2 heterocycles. The highest BCUT2D eigenvalue weighted by Gasteiger charge is 2.26. The zero-order valence-electron chi connectivity index (χ0n) is 14.5. The first-order valence-electron chi connectivity index (χ1n) is 8.99. The average molecular weight is 340 g/mol. The van der Waals surface area contributed by atoms with Gasteiger partial charge in [0.2, 0.25) is 0 Å². The van der Waals surface area contributed by atoms with Crippen molar-refractivity contribution in [2.45, 2.75) is 31.7 Å². The number of hydrogen-bond donors (Lipinski definition) is 2. The smallest absolute Gasteiger partial charge is 0.276 e. The molecule has 1 atom stereocenters. The van der Waals surface area contributed by atoms with Crippen LogP contribution in [-0.2, 0) is 4.74 Å². The molecule has 0 unspecified atom stereocenters. The highest BCUT2D eigenvalue weighted by atomic mass is 16.5. The van der Waals surface area contributed by atoms with E-state index in [1.54, 1.807) is 0 Å². The van der Waals surface area contributed by atoms with Crippen LogP contribution in [0.4, 0.5) is 5.69 Å². The molecular formula is C19H24N4O2. The minimum absolute atomic E-state index is 0.169. The molecule has 1 aromatic heterocycles. The van der Waals surface area contributed by atoms with Gasteiger partial charge in [0.05, 0.1) is 13.2 Å². The lowest BCUT2D eigenvalue weighted by Gasteiger charge is -2.32. The molecule has 2 aliphatic rings. The number of morpholine rings is 1. The second kappa shape index (κ2) is 6.98. The fourth-order valence-corrected chi connectivity index (χ4v) is 3.27. The molecule has 1 aliphatic carbocycles. The highest BCUT2D eigenvalue weighted by molar-refractivity contribution is 6.02. The quantitative estimate of drug-likeness (QED) is 0.878. The molecule has 2 N–H and O–H groups in total. The summed E-state index contributed by atoms with van der Waals surface area (Å²) in [6.45, 7) is 5.72. The molecule has 0 radical (unpaired) electrons. The Morgan fingerprint density at radius 2 is 2.00 bits per heavy atom. The monoisotopic (exact) mass is 340 g/mol. The molecule has 1 saturated heterocycles. The molecule has 2 aromatic rings. The van der Waals surface area contributed by atoms with Crippen LogP contribution in [0.2, 0.25) is 0 Å². The summed E-state index contributed by atoms with van der Waals surface area (Å²) in [6, 6.07) is 10.3. The number of amides is 1. The molecule has 2 fully saturated rings. The molecule has 132 valence electrons. The van der Waals surface area contributed by atoms with Gasteiger partial charge in [0.15, 0.2) is 5.69 Å². The normalized spacial score (nSPS) is 19.6. The molecule has 1 saturated carbocycles. The van der Waals surface area contributed by atoms with E-state index in [4.69, 9.17) is 4.74 Å². The Balaban J connectivity index is 1.38. The number of nitrogens with zero attached hydrogens (tertiary/aromatic N) is 2. The molecule has 1 aliphatic heterocycles. The Morgan fingerprint density at radius 3 is 2.68 bits per heavy atom. The second-order valence-corrected chi connectivity index (χ2v) is 6.88. The van der Waals surface area contributed by atoms with E-state index in [-0.39, 0.29) is 5.91 Å². The number of benzene rings is 1. The van der Waals surface area contributed by atoms with E-state index in [9.17, 15) is 4.79 Å². The largest absolute Gasteiger partial charge is 0.379 e. The topological polar surface area (TPSA) is 70.2 Å². The lowest BCUT2D eigenvalue weighted by atomic mass is 10.1. The third-order valence-electron chi connectivity index (χ3n) is 5.09. The molecule has 1 aromatic carbocycles. The Bertz CT molecular complexity index is 730. The van der Waals surface area contributed by atoms with Crippen molar-refractivity contribution in [3.05, 3.63) is 47.3 Å². The van der Waals surface area contributed by atoms with Gasteiger partial charge in [-0.15, -0.1) is 0 Å². The van der Waals surface area contributed by atoms with Crippen molar-refractivity contribution < 1.29 is 9.53 Å². The number of hydrogen-bond acceptors (Lipinski definition) is 4. The maximum atomic E-state index is 12.3. The first-order chi connectivity index (χ1) is 12.2. The van der Waals surface area contributed by atoms with Gasteiger partial charge < -0.3 is 10.1 Å². The highest BCUT2D eigenvalue weighted by Crippen LogP contribution is 2.39. The Morgan fingerprint density at radius 1 is 1.28 bits per heavy atom. The molecule has 6 nitrogen and oxygen atoms in total. The maximum absolute atomic E-state index is 12.3. The van der Waals surface area contributed by atoms with Crippen LogP contribution in [0, 0.1) is 0 Å². The van der Waals surface area contributed by atoms with Crippen LogP contribution in [0.5, 0.6) is 0 Å². The van der Waals surface area contributed by atoms with E-state index in [0.29, 0.717) is 17.7 Å². The number of nitrogens with one attached hydrogen (secondary N) is 2. The molecule has 0 bridgehead atoms. The summed E-state index contributed by atoms with van der Waals surface area (Å²) in [6.07, 6.45) is 2.37. The van der Waals surface area contributed by atoms with E-state index in [1.165, 1.54) is 18.4 Å². The fraction of sp³-hybridized carbons (Fsp3) is 0.474. The van der Waals surface area contributed by atoms with Crippen molar-refractivity contribution in [1.29, 1.82) is 0 Å². The molecule has 25 heavy (non-hydrogen) atoms. The zero-order chi connectivity index (χ0) is 17.2. The van der Waals surface area contributed by atoms with Gasteiger partial charge in [-0.1, -0.05) is 12.1 Å². The van der Waals surface area contributed by atoms with Crippen molar-refractivity contribution in [2.24, 2.45) is 0 Å². The first-order valence-corrected chi connectivity index (χ1v) is 8.99. The van der Waals surface area contributed by atoms with Crippen LogP contribution in [0.3, 0.4) is 0 Å². The fourth-order valence-electron chi connectivity index (χ4n) is 3.27. The summed E-state index contributed by atoms with van der Waals surface area (Å²) in [5.74, 6) is 0.395. The van der Waals surface area contributed by atoms with Crippen LogP contribution in [0.25, 0.3) is 0 Å². The van der Waals surface area contributed by atoms with E-state index in [2.05, 4.69) is 39.5 Å². The van der Waals surface area contributed by atoms with Crippen LogP contribution in [-0.4, -0.2) is 47.3 Å². The number of aromatic nitrogens is 2. The molecule has 0 spiro atoms. The van der Waals surface area contributed by atoms with E-state index < -0.39 is 0 Å². The lowest BCUT2D eigenvalue weighted by Crippen LogP contribution is -2.37. The van der Waals surface area contributed by atoms with Crippen LogP contribution < -0.4 is 5.32 Å². The number of aromatic amines is 1. The van der Waals surface area contributed by atoms with Gasteiger partial charge in [-0.25, -0.2) is 0 Å². The maximum Gasteiger partial charge on any atom is 0.276 e. The van der Waals surface area contributed by atoms with Crippen molar-refractivity contribution in [2.75, 3.05) is 31.6 Å². The van der Waals surface area contributed by atoms with Gasteiger partial charge in [-0.05, 0) is 43.5 Å². The van der Waals surface area contributed by atoms with E-state index >= 15 is 0 Å². The minimum Gasteiger partial charge on any atom is -0.379 e. The Labute approximate surface area is 147 Å². The SMILES string of the molecule is C[C@@H](c1ccc(NC(=O)c2cc(C3CC3)[nH]n2)cc1)N1CCOCC1. The number of carbonyl (C=O) groups excluding carboxylic acids is 1. The van der Waals surface area contributed by atoms with E-state index in [0.717, 1.165) is 37.7 Å². The number of H-pyrrole nitrogens is 1. The zero-order valence-corrected chi connectivity index (χ0v) is 14.5. The molecule has 6 heteroatoms. The summed E-state index contributed by atoms with van der Waals surface area (Å²) >= 11 is 0. The third-order valence-corrected chi connectivity index (χ3v) is 5.09. The van der Waals surface area contributed by atoms with Gasteiger partial charge in [-0.2, -0.15) is 5.10 Å².